The molecular formula is C20H23NO. The van der Waals surface area contributed by atoms with Gasteiger partial charge in [-0.05, 0) is 49.4 Å². The lowest BCUT2D eigenvalue weighted by Gasteiger charge is -2.52. The minimum Gasteiger partial charge on any atom is -0.379 e. The van der Waals surface area contributed by atoms with Gasteiger partial charge in [-0.3, -0.25) is 4.90 Å². The van der Waals surface area contributed by atoms with Crippen molar-refractivity contribution in [1.29, 1.82) is 0 Å². The van der Waals surface area contributed by atoms with Gasteiger partial charge in [0, 0.05) is 6.04 Å². The van der Waals surface area contributed by atoms with Crippen LogP contribution >= 0.6 is 0 Å². The van der Waals surface area contributed by atoms with Crippen LogP contribution < -0.4 is 0 Å². The van der Waals surface area contributed by atoms with Crippen LogP contribution in [0.25, 0.3) is 0 Å². The van der Waals surface area contributed by atoms with Crippen LogP contribution in [0.1, 0.15) is 30.4 Å². The Kier molecular flexibility index (Phi) is 3.51. The van der Waals surface area contributed by atoms with E-state index in [9.17, 15) is 5.11 Å². The molecule has 22 heavy (non-hydrogen) atoms. The number of rotatable bonds is 3. The van der Waals surface area contributed by atoms with E-state index >= 15 is 0 Å². The van der Waals surface area contributed by atoms with Crippen molar-refractivity contribution in [2.75, 3.05) is 13.1 Å². The molecule has 5 rings (SSSR count). The smallest absolute Gasteiger partial charge is 0.130 e. The van der Waals surface area contributed by atoms with Gasteiger partial charge >= 0.3 is 0 Å². The zero-order valence-electron chi connectivity index (χ0n) is 12.9. The number of piperidine rings is 3. The molecule has 2 bridgehead atoms. The summed E-state index contributed by atoms with van der Waals surface area (Å²) in [4.78, 5) is 2.50. The van der Waals surface area contributed by atoms with E-state index in [0.29, 0.717) is 0 Å². The molecule has 114 valence electrons. The Morgan fingerprint density at radius 1 is 0.818 bits per heavy atom. The second-order valence-electron chi connectivity index (χ2n) is 6.73. The third kappa shape index (κ3) is 2.18. The summed E-state index contributed by atoms with van der Waals surface area (Å²) in [6.07, 6.45) is 3.67. The van der Waals surface area contributed by atoms with Crippen molar-refractivity contribution >= 4 is 0 Å². The molecule has 0 spiro atoms. The predicted octanol–water partition coefficient (Wildman–Crippen LogP) is 3.41. The minimum atomic E-state index is -0.915. The first-order valence-electron chi connectivity index (χ1n) is 8.36. The first-order valence-corrected chi connectivity index (χ1v) is 8.36. The van der Waals surface area contributed by atoms with Gasteiger partial charge in [0.05, 0.1) is 0 Å². The van der Waals surface area contributed by atoms with Gasteiger partial charge in [-0.1, -0.05) is 60.7 Å². The molecule has 0 aliphatic carbocycles. The Hall–Kier alpha value is -1.64. The summed E-state index contributed by atoms with van der Waals surface area (Å²) < 4.78 is 0. The molecule has 3 fully saturated rings. The van der Waals surface area contributed by atoms with Gasteiger partial charge in [0.1, 0.15) is 5.60 Å². The average molecular weight is 293 g/mol. The zero-order valence-corrected chi connectivity index (χ0v) is 12.9. The number of hydrogen-bond acceptors (Lipinski definition) is 2. The molecule has 1 atom stereocenters. The Balaban J connectivity index is 1.82. The molecule has 3 heterocycles. The maximum absolute atomic E-state index is 11.9. The molecule has 3 saturated heterocycles. The van der Waals surface area contributed by atoms with Crippen LogP contribution in [-0.4, -0.2) is 29.1 Å². The largest absolute Gasteiger partial charge is 0.379 e. The van der Waals surface area contributed by atoms with Crippen LogP contribution in [0.2, 0.25) is 0 Å². The summed E-state index contributed by atoms with van der Waals surface area (Å²) in [5.74, 6) is 0.772. The van der Waals surface area contributed by atoms with E-state index in [1.165, 1.54) is 12.8 Å². The van der Waals surface area contributed by atoms with Crippen molar-refractivity contribution in [3.05, 3.63) is 71.8 Å². The van der Waals surface area contributed by atoms with Crippen LogP contribution in [0.4, 0.5) is 0 Å². The lowest BCUT2D eigenvalue weighted by Crippen LogP contribution is -2.58. The maximum Gasteiger partial charge on any atom is 0.130 e. The van der Waals surface area contributed by atoms with E-state index in [1.807, 2.05) is 36.4 Å². The van der Waals surface area contributed by atoms with E-state index < -0.39 is 5.60 Å². The first-order chi connectivity index (χ1) is 10.8. The molecule has 3 aliphatic heterocycles. The molecule has 2 aromatic rings. The van der Waals surface area contributed by atoms with Crippen LogP contribution in [0.15, 0.2) is 60.7 Å². The van der Waals surface area contributed by atoms with E-state index in [0.717, 1.165) is 36.6 Å². The Morgan fingerprint density at radius 3 is 1.73 bits per heavy atom. The zero-order chi connectivity index (χ0) is 15.0. The third-order valence-corrected chi connectivity index (χ3v) is 5.56. The summed E-state index contributed by atoms with van der Waals surface area (Å²) in [7, 11) is 0. The standard InChI is InChI=1S/C20H23NO/c22-20(17-7-3-1-4-8-17,18-9-5-2-6-10-18)19-15-16-11-13-21(19)14-12-16/h1-10,16,19,22H,11-15H2. The molecule has 1 unspecified atom stereocenters. The highest BCUT2D eigenvalue weighted by molar-refractivity contribution is 5.38. The fraction of sp³-hybridized carbons (Fsp3) is 0.400. The van der Waals surface area contributed by atoms with Crippen LogP contribution in [0, 0.1) is 5.92 Å². The van der Waals surface area contributed by atoms with E-state index in [-0.39, 0.29) is 6.04 Å². The fourth-order valence-electron chi connectivity index (χ4n) is 4.34. The number of fused-ring (bicyclic) bond motifs is 3. The molecule has 1 N–H and O–H groups in total. The van der Waals surface area contributed by atoms with Crippen LogP contribution in [-0.2, 0) is 5.60 Å². The summed E-state index contributed by atoms with van der Waals surface area (Å²) in [6.45, 7) is 2.24. The molecular weight excluding hydrogens is 270 g/mol. The van der Waals surface area contributed by atoms with Gasteiger partial charge in [-0.15, -0.1) is 0 Å². The second-order valence-corrected chi connectivity index (χ2v) is 6.73. The molecule has 3 aliphatic rings. The van der Waals surface area contributed by atoms with Gasteiger partial charge < -0.3 is 5.11 Å². The highest BCUT2D eigenvalue weighted by Gasteiger charge is 2.47. The SMILES string of the molecule is OC(c1ccccc1)(c1ccccc1)C1CC2CCN1CC2. The van der Waals surface area contributed by atoms with Crippen LogP contribution in [0.3, 0.4) is 0 Å². The Bertz CT molecular complexity index is 577. The maximum atomic E-state index is 11.9. The molecule has 2 nitrogen and oxygen atoms in total. The van der Waals surface area contributed by atoms with Crippen molar-refractivity contribution < 1.29 is 5.11 Å². The average Bonchev–Trinajstić information content (AvgIpc) is 2.63. The summed E-state index contributed by atoms with van der Waals surface area (Å²) >= 11 is 0. The molecule has 0 radical (unpaired) electrons. The highest BCUT2D eigenvalue weighted by Crippen LogP contribution is 2.44. The predicted molar refractivity (Wildman–Crippen MR) is 88.6 cm³/mol. The quantitative estimate of drug-likeness (QED) is 0.937. The van der Waals surface area contributed by atoms with Crippen molar-refractivity contribution in [2.45, 2.75) is 30.9 Å². The van der Waals surface area contributed by atoms with Crippen molar-refractivity contribution in [3.63, 3.8) is 0 Å². The van der Waals surface area contributed by atoms with E-state index in [4.69, 9.17) is 0 Å². The highest BCUT2D eigenvalue weighted by atomic mass is 16.3. The van der Waals surface area contributed by atoms with E-state index in [1.54, 1.807) is 0 Å². The monoisotopic (exact) mass is 293 g/mol. The number of aliphatic hydroxyl groups is 1. The Morgan fingerprint density at radius 2 is 1.32 bits per heavy atom. The molecule has 2 heteroatoms. The molecule has 2 aromatic carbocycles. The summed E-state index contributed by atoms with van der Waals surface area (Å²) in [6, 6.07) is 20.6. The van der Waals surface area contributed by atoms with Gasteiger partial charge in [0.2, 0.25) is 0 Å². The summed E-state index contributed by atoms with van der Waals surface area (Å²) in [5.41, 5.74) is 1.11. The van der Waals surface area contributed by atoms with Crippen molar-refractivity contribution in [1.82, 2.24) is 4.90 Å². The number of hydrogen-bond donors (Lipinski definition) is 1. The molecule has 0 saturated carbocycles. The van der Waals surface area contributed by atoms with Gasteiger partial charge in [0.15, 0.2) is 0 Å². The lowest BCUT2D eigenvalue weighted by molar-refractivity contribution is -0.0746. The second kappa shape index (κ2) is 5.53. The van der Waals surface area contributed by atoms with Crippen molar-refractivity contribution in [3.8, 4) is 0 Å². The Labute approximate surface area is 132 Å². The van der Waals surface area contributed by atoms with Gasteiger partial charge in [0.25, 0.3) is 0 Å². The van der Waals surface area contributed by atoms with Crippen LogP contribution in [0.5, 0.6) is 0 Å². The summed E-state index contributed by atoms with van der Waals surface area (Å²) in [5, 5.41) is 11.9. The third-order valence-electron chi connectivity index (χ3n) is 5.56. The van der Waals surface area contributed by atoms with Crippen molar-refractivity contribution in [2.24, 2.45) is 5.92 Å². The minimum absolute atomic E-state index is 0.185. The van der Waals surface area contributed by atoms with E-state index in [2.05, 4.69) is 29.2 Å². The fourth-order valence-corrected chi connectivity index (χ4v) is 4.34. The number of benzene rings is 2. The molecule has 0 amide bonds. The normalized spacial score (nSPS) is 27.8. The lowest BCUT2D eigenvalue weighted by atomic mass is 9.71. The number of nitrogens with zero attached hydrogens (tertiary/aromatic N) is 1. The topological polar surface area (TPSA) is 23.5 Å². The first kappa shape index (κ1) is 14.0. The molecule has 0 aromatic heterocycles. The van der Waals surface area contributed by atoms with Gasteiger partial charge in [-0.2, -0.15) is 0 Å². The van der Waals surface area contributed by atoms with Gasteiger partial charge in [-0.25, -0.2) is 0 Å².